The lowest BCUT2D eigenvalue weighted by atomic mass is 10.1. The number of carbonyl (C=O) groups is 1. The van der Waals surface area contributed by atoms with Crippen LogP contribution in [0.3, 0.4) is 0 Å². The Morgan fingerprint density at radius 1 is 1.46 bits per heavy atom. The van der Waals surface area contributed by atoms with E-state index in [2.05, 4.69) is 6.58 Å². The van der Waals surface area contributed by atoms with E-state index < -0.39 is 0 Å². The summed E-state index contributed by atoms with van der Waals surface area (Å²) in [6.45, 7) is 7.06. The average Bonchev–Trinajstić information content (AvgIpc) is 2.02. The van der Waals surface area contributed by atoms with Crippen LogP contribution in [0.2, 0.25) is 0 Å². The van der Waals surface area contributed by atoms with Gasteiger partial charge in [-0.1, -0.05) is 12.5 Å². The molecule has 0 amide bonds. The first kappa shape index (κ1) is 12.2. The van der Waals surface area contributed by atoms with Gasteiger partial charge in [0.15, 0.2) is 0 Å². The van der Waals surface area contributed by atoms with Crippen molar-refractivity contribution in [2.75, 3.05) is 0 Å². The van der Waals surface area contributed by atoms with E-state index in [1.54, 1.807) is 0 Å². The van der Waals surface area contributed by atoms with Gasteiger partial charge in [-0.05, 0) is 32.6 Å². The minimum atomic E-state index is -0.182. The maximum atomic E-state index is 10.6. The third-order valence-corrected chi connectivity index (χ3v) is 1.89. The minimum Gasteiger partial charge on any atom is -0.463 e. The standard InChI is InChI=1S/C11H20O2/c1-4-5-6-7-8-9-10(2)13-11(3)12/h4,10H,1,5-9H2,2-3H3/t10-/m1/s1. The van der Waals surface area contributed by atoms with Crippen molar-refractivity contribution in [3.63, 3.8) is 0 Å². The summed E-state index contributed by atoms with van der Waals surface area (Å²) in [5.41, 5.74) is 0. The van der Waals surface area contributed by atoms with E-state index in [4.69, 9.17) is 4.74 Å². The molecule has 0 aromatic rings. The topological polar surface area (TPSA) is 26.3 Å². The molecular formula is C11H20O2. The van der Waals surface area contributed by atoms with Crippen LogP contribution in [0.5, 0.6) is 0 Å². The van der Waals surface area contributed by atoms with Gasteiger partial charge in [0.1, 0.15) is 0 Å². The quantitative estimate of drug-likeness (QED) is 0.345. The van der Waals surface area contributed by atoms with Crippen LogP contribution in [0.15, 0.2) is 12.7 Å². The van der Waals surface area contributed by atoms with Crippen LogP contribution in [-0.4, -0.2) is 12.1 Å². The fourth-order valence-electron chi connectivity index (χ4n) is 1.24. The Balaban J connectivity index is 3.21. The molecule has 0 spiro atoms. The third-order valence-electron chi connectivity index (χ3n) is 1.89. The van der Waals surface area contributed by atoms with Gasteiger partial charge in [0.25, 0.3) is 0 Å². The number of esters is 1. The normalized spacial score (nSPS) is 12.2. The number of rotatable bonds is 7. The molecule has 2 heteroatoms. The molecule has 0 aromatic heterocycles. The van der Waals surface area contributed by atoms with Gasteiger partial charge in [-0.2, -0.15) is 0 Å². The SMILES string of the molecule is C=CCCCCC[C@@H](C)OC(C)=O. The van der Waals surface area contributed by atoms with E-state index in [9.17, 15) is 4.79 Å². The van der Waals surface area contributed by atoms with Gasteiger partial charge in [-0.15, -0.1) is 6.58 Å². The second-order valence-electron chi connectivity index (χ2n) is 3.35. The largest absolute Gasteiger partial charge is 0.463 e. The summed E-state index contributed by atoms with van der Waals surface area (Å²) in [5.74, 6) is -0.182. The number of hydrogen-bond donors (Lipinski definition) is 0. The van der Waals surface area contributed by atoms with E-state index in [1.165, 1.54) is 19.8 Å². The summed E-state index contributed by atoms with van der Waals surface area (Å²) in [4.78, 5) is 10.6. The van der Waals surface area contributed by atoms with Gasteiger partial charge in [-0.3, -0.25) is 4.79 Å². The van der Waals surface area contributed by atoms with Crippen molar-refractivity contribution < 1.29 is 9.53 Å². The van der Waals surface area contributed by atoms with Crippen molar-refractivity contribution in [2.45, 2.75) is 52.1 Å². The van der Waals surface area contributed by atoms with Gasteiger partial charge >= 0.3 is 5.97 Å². The van der Waals surface area contributed by atoms with Gasteiger partial charge < -0.3 is 4.74 Å². The van der Waals surface area contributed by atoms with Crippen LogP contribution in [0.4, 0.5) is 0 Å². The number of hydrogen-bond acceptors (Lipinski definition) is 2. The molecule has 0 rings (SSSR count). The first-order chi connectivity index (χ1) is 6.16. The molecule has 0 aromatic carbocycles. The third kappa shape index (κ3) is 9.12. The summed E-state index contributed by atoms with van der Waals surface area (Å²) in [5, 5.41) is 0. The molecule has 0 aliphatic carbocycles. The summed E-state index contributed by atoms with van der Waals surface area (Å²) in [6.07, 6.45) is 7.57. The maximum Gasteiger partial charge on any atom is 0.302 e. The van der Waals surface area contributed by atoms with E-state index in [-0.39, 0.29) is 12.1 Å². The van der Waals surface area contributed by atoms with Crippen LogP contribution in [0, 0.1) is 0 Å². The molecule has 0 N–H and O–H groups in total. The van der Waals surface area contributed by atoms with Crippen LogP contribution < -0.4 is 0 Å². The average molecular weight is 184 g/mol. The Hall–Kier alpha value is -0.790. The van der Waals surface area contributed by atoms with Crippen molar-refractivity contribution in [3.8, 4) is 0 Å². The van der Waals surface area contributed by atoms with Gasteiger partial charge in [-0.25, -0.2) is 0 Å². The molecule has 2 nitrogen and oxygen atoms in total. The van der Waals surface area contributed by atoms with Gasteiger partial charge in [0, 0.05) is 6.92 Å². The molecule has 0 fully saturated rings. The molecule has 0 aliphatic rings. The Morgan fingerprint density at radius 3 is 2.69 bits per heavy atom. The summed E-state index contributed by atoms with van der Waals surface area (Å²) in [6, 6.07) is 0. The van der Waals surface area contributed by atoms with Crippen molar-refractivity contribution in [1.29, 1.82) is 0 Å². The summed E-state index contributed by atoms with van der Waals surface area (Å²) < 4.78 is 5.00. The Morgan fingerprint density at radius 2 is 2.15 bits per heavy atom. The van der Waals surface area contributed by atoms with E-state index in [0.29, 0.717) is 0 Å². The van der Waals surface area contributed by atoms with E-state index in [0.717, 1.165) is 19.3 Å². The highest BCUT2D eigenvalue weighted by atomic mass is 16.5. The highest BCUT2D eigenvalue weighted by Gasteiger charge is 2.03. The predicted molar refractivity (Wildman–Crippen MR) is 54.5 cm³/mol. The molecule has 13 heavy (non-hydrogen) atoms. The fourth-order valence-corrected chi connectivity index (χ4v) is 1.24. The highest BCUT2D eigenvalue weighted by molar-refractivity contribution is 5.66. The van der Waals surface area contributed by atoms with Crippen molar-refractivity contribution in [3.05, 3.63) is 12.7 Å². The van der Waals surface area contributed by atoms with Gasteiger partial charge in [0.2, 0.25) is 0 Å². The summed E-state index contributed by atoms with van der Waals surface area (Å²) in [7, 11) is 0. The molecular weight excluding hydrogens is 164 g/mol. The number of allylic oxidation sites excluding steroid dienone is 1. The van der Waals surface area contributed by atoms with Crippen molar-refractivity contribution in [2.24, 2.45) is 0 Å². The van der Waals surface area contributed by atoms with Crippen molar-refractivity contribution >= 4 is 5.97 Å². The molecule has 0 aliphatic heterocycles. The Kier molecular flexibility index (Phi) is 7.36. The maximum absolute atomic E-state index is 10.6. The first-order valence-corrected chi connectivity index (χ1v) is 4.95. The molecule has 0 heterocycles. The predicted octanol–water partition coefficient (Wildman–Crippen LogP) is 3.07. The van der Waals surface area contributed by atoms with Crippen LogP contribution in [0.1, 0.15) is 46.0 Å². The highest BCUT2D eigenvalue weighted by Crippen LogP contribution is 2.08. The lowest BCUT2D eigenvalue weighted by molar-refractivity contribution is -0.145. The zero-order chi connectivity index (χ0) is 10.1. The monoisotopic (exact) mass is 184 g/mol. The molecule has 0 unspecified atom stereocenters. The van der Waals surface area contributed by atoms with E-state index >= 15 is 0 Å². The van der Waals surface area contributed by atoms with Crippen LogP contribution in [0.25, 0.3) is 0 Å². The zero-order valence-corrected chi connectivity index (χ0v) is 8.71. The Labute approximate surface area is 81.0 Å². The van der Waals surface area contributed by atoms with Crippen LogP contribution in [-0.2, 0) is 9.53 Å². The lowest BCUT2D eigenvalue weighted by Gasteiger charge is -2.10. The molecule has 0 radical (unpaired) electrons. The molecule has 1 atom stereocenters. The second-order valence-corrected chi connectivity index (χ2v) is 3.35. The van der Waals surface area contributed by atoms with E-state index in [1.807, 2.05) is 13.0 Å². The number of carbonyl (C=O) groups excluding carboxylic acids is 1. The lowest BCUT2D eigenvalue weighted by Crippen LogP contribution is -2.11. The Bertz CT molecular complexity index is 152. The summed E-state index contributed by atoms with van der Waals surface area (Å²) >= 11 is 0. The molecule has 0 saturated carbocycles. The van der Waals surface area contributed by atoms with Crippen LogP contribution >= 0.6 is 0 Å². The first-order valence-electron chi connectivity index (χ1n) is 4.95. The number of ether oxygens (including phenoxy) is 1. The fraction of sp³-hybridized carbons (Fsp3) is 0.727. The zero-order valence-electron chi connectivity index (χ0n) is 8.71. The number of unbranched alkanes of at least 4 members (excludes halogenated alkanes) is 3. The van der Waals surface area contributed by atoms with Gasteiger partial charge in [0.05, 0.1) is 6.10 Å². The second kappa shape index (κ2) is 7.84. The minimum absolute atomic E-state index is 0.0706. The molecule has 0 bridgehead atoms. The smallest absolute Gasteiger partial charge is 0.302 e. The van der Waals surface area contributed by atoms with Crippen molar-refractivity contribution in [1.82, 2.24) is 0 Å². The molecule has 0 saturated heterocycles. The molecule has 76 valence electrons.